The largest absolute Gasteiger partial charge is 0.240 e. The molecule has 0 N–H and O–H groups in total. The molecule has 0 saturated heterocycles. The molecule has 3 nitrogen and oxygen atoms in total. The van der Waals surface area contributed by atoms with Crippen molar-refractivity contribution in [1.29, 1.82) is 5.26 Å². The molecule has 2 heterocycles. The minimum atomic E-state index is 0.660. The van der Waals surface area contributed by atoms with Crippen LogP contribution in [0.3, 0.4) is 0 Å². The summed E-state index contributed by atoms with van der Waals surface area (Å²) in [4.78, 5) is 0. The minimum Gasteiger partial charge on any atom is -0.240 e. The van der Waals surface area contributed by atoms with Crippen molar-refractivity contribution in [2.24, 2.45) is 0 Å². The number of rotatable bonds is 0. The van der Waals surface area contributed by atoms with Crippen LogP contribution in [0, 0.1) is 11.3 Å². The van der Waals surface area contributed by atoms with Gasteiger partial charge in [0.2, 0.25) is 0 Å². The quantitative estimate of drug-likeness (QED) is 0.550. The van der Waals surface area contributed by atoms with Gasteiger partial charge in [-0.05, 0) is 18.2 Å². The normalized spacial score (nSPS) is 10.6. The average Bonchev–Trinajstić information content (AvgIpc) is 2.66. The van der Waals surface area contributed by atoms with Crippen molar-refractivity contribution < 1.29 is 0 Å². The molecule has 0 fully saturated rings. The van der Waals surface area contributed by atoms with Gasteiger partial charge in [0, 0.05) is 11.6 Å². The molecule has 0 bridgehead atoms. The van der Waals surface area contributed by atoms with Gasteiger partial charge in [-0.1, -0.05) is 18.2 Å². The molecular formula is C12H7N3. The number of fused-ring (bicyclic) bond motifs is 3. The van der Waals surface area contributed by atoms with Gasteiger partial charge in [-0.2, -0.15) is 10.4 Å². The van der Waals surface area contributed by atoms with Gasteiger partial charge in [0.25, 0.3) is 0 Å². The first-order valence-corrected chi connectivity index (χ1v) is 4.66. The molecule has 0 aliphatic rings. The minimum absolute atomic E-state index is 0.660. The maximum atomic E-state index is 8.83. The van der Waals surface area contributed by atoms with Crippen molar-refractivity contribution >= 4 is 16.4 Å². The second-order valence-electron chi connectivity index (χ2n) is 3.37. The first kappa shape index (κ1) is 8.01. The summed E-state index contributed by atoms with van der Waals surface area (Å²) in [6.07, 6.45) is 1.81. The summed E-state index contributed by atoms with van der Waals surface area (Å²) in [6.45, 7) is 0. The topological polar surface area (TPSA) is 41.1 Å². The lowest BCUT2D eigenvalue weighted by Crippen LogP contribution is -1.85. The predicted molar refractivity (Wildman–Crippen MR) is 57.4 cm³/mol. The van der Waals surface area contributed by atoms with E-state index in [0.717, 1.165) is 16.4 Å². The van der Waals surface area contributed by atoms with Gasteiger partial charge in [-0.3, -0.25) is 0 Å². The first-order valence-electron chi connectivity index (χ1n) is 4.66. The maximum Gasteiger partial charge on any atom is 0.0992 e. The molecule has 2 aromatic heterocycles. The summed E-state index contributed by atoms with van der Waals surface area (Å²) < 4.78 is 1.80. The van der Waals surface area contributed by atoms with Crippen LogP contribution in [0.4, 0.5) is 0 Å². The Morgan fingerprint density at radius 1 is 1.20 bits per heavy atom. The zero-order chi connectivity index (χ0) is 10.3. The van der Waals surface area contributed by atoms with Crippen LogP contribution in [-0.4, -0.2) is 9.61 Å². The third-order valence-electron chi connectivity index (χ3n) is 2.46. The predicted octanol–water partition coefficient (Wildman–Crippen LogP) is 2.36. The summed E-state index contributed by atoms with van der Waals surface area (Å²) in [5, 5.41) is 14.3. The van der Waals surface area contributed by atoms with E-state index in [1.807, 2.05) is 36.5 Å². The highest BCUT2D eigenvalue weighted by atomic mass is 15.2. The third kappa shape index (κ3) is 1.09. The Labute approximate surface area is 86.2 Å². The Kier molecular flexibility index (Phi) is 1.51. The lowest BCUT2D eigenvalue weighted by atomic mass is 10.2. The summed E-state index contributed by atoms with van der Waals surface area (Å²) >= 11 is 0. The highest BCUT2D eigenvalue weighted by molar-refractivity contribution is 5.94. The van der Waals surface area contributed by atoms with Gasteiger partial charge < -0.3 is 0 Å². The molecule has 0 aliphatic heterocycles. The van der Waals surface area contributed by atoms with E-state index < -0.39 is 0 Å². The molecule has 0 amide bonds. The van der Waals surface area contributed by atoms with Crippen LogP contribution in [0.5, 0.6) is 0 Å². The first-order chi connectivity index (χ1) is 7.38. The van der Waals surface area contributed by atoms with Crippen molar-refractivity contribution in [2.75, 3.05) is 0 Å². The molecule has 3 rings (SSSR count). The van der Waals surface area contributed by atoms with E-state index in [1.54, 1.807) is 10.6 Å². The lowest BCUT2D eigenvalue weighted by molar-refractivity contribution is 0.980. The SMILES string of the molecule is N#Cc1ccn2nc3ccccc3c2c1. The summed E-state index contributed by atoms with van der Waals surface area (Å²) in [6, 6.07) is 13.7. The van der Waals surface area contributed by atoms with Crippen molar-refractivity contribution in [3.8, 4) is 6.07 Å². The highest BCUT2D eigenvalue weighted by Gasteiger charge is 2.03. The van der Waals surface area contributed by atoms with Crippen LogP contribution in [0.1, 0.15) is 5.56 Å². The Hall–Kier alpha value is -2.34. The fourth-order valence-corrected chi connectivity index (χ4v) is 1.74. The van der Waals surface area contributed by atoms with Crippen LogP contribution in [0.25, 0.3) is 16.4 Å². The molecule has 0 atom stereocenters. The summed E-state index contributed by atoms with van der Waals surface area (Å²) in [7, 11) is 0. The Bertz CT molecular complexity index is 689. The summed E-state index contributed by atoms with van der Waals surface area (Å²) in [5.41, 5.74) is 2.59. The monoisotopic (exact) mass is 193 g/mol. The van der Waals surface area contributed by atoms with Crippen molar-refractivity contribution in [2.45, 2.75) is 0 Å². The van der Waals surface area contributed by atoms with E-state index in [2.05, 4.69) is 11.2 Å². The van der Waals surface area contributed by atoms with E-state index in [4.69, 9.17) is 5.26 Å². The van der Waals surface area contributed by atoms with Gasteiger partial charge in [-0.15, -0.1) is 0 Å². The fourth-order valence-electron chi connectivity index (χ4n) is 1.74. The molecular weight excluding hydrogens is 186 g/mol. The van der Waals surface area contributed by atoms with Gasteiger partial charge >= 0.3 is 0 Å². The molecule has 3 aromatic rings. The summed E-state index contributed by atoms with van der Waals surface area (Å²) in [5.74, 6) is 0. The number of nitrogens with zero attached hydrogens (tertiary/aromatic N) is 3. The molecule has 0 aliphatic carbocycles. The highest BCUT2D eigenvalue weighted by Crippen LogP contribution is 2.19. The third-order valence-corrected chi connectivity index (χ3v) is 2.46. The van der Waals surface area contributed by atoms with Crippen molar-refractivity contribution in [1.82, 2.24) is 9.61 Å². The molecule has 1 aromatic carbocycles. The molecule has 0 radical (unpaired) electrons. The Morgan fingerprint density at radius 3 is 2.93 bits per heavy atom. The number of nitriles is 1. The molecule has 0 saturated carbocycles. The van der Waals surface area contributed by atoms with Crippen LogP contribution in [-0.2, 0) is 0 Å². The standard InChI is InChI=1S/C12H7N3/c13-8-9-5-6-15-12(7-9)10-3-1-2-4-11(10)14-15/h1-7H. The fraction of sp³-hybridized carbons (Fsp3) is 0. The zero-order valence-corrected chi connectivity index (χ0v) is 7.88. The van der Waals surface area contributed by atoms with E-state index in [-0.39, 0.29) is 0 Å². The van der Waals surface area contributed by atoms with E-state index in [9.17, 15) is 0 Å². The number of benzene rings is 1. The Morgan fingerprint density at radius 2 is 2.07 bits per heavy atom. The number of hydrogen-bond acceptors (Lipinski definition) is 2. The Balaban J connectivity index is 2.53. The van der Waals surface area contributed by atoms with Gasteiger partial charge in [0.05, 0.1) is 22.7 Å². The molecule has 70 valence electrons. The van der Waals surface area contributed by atoms with Crippen LogP contribution in [0.2, 0.25) is 0 Å². The van der Waals surface area contributed by atoms with Gasteiger partial charge in [0.1, 0.15) is 0 Å². The van der Waals surface area contributed by atoms with Crippen LogP contribution < -0.4 is 0 Å². The van der Waals surface area contributed by atoms with E-state index in [1.165, 1.54) is 0 Å². The number of pyridine rings is 1. The van der Waals surface area contributed by atoms with Gasteiger partial charge in [-0.25, -0.2) is 4.52 Å². The van der Waals surface area contributed by atoms with Crippen LogP contribution in [0.15, 0.2) is 42.6 Å². The average molecular weight is 193 g/mol. The van der Waals surface area contributed by atoms with Crippen molar-refractivity contribution in [3.63, 3.8) is 0 Å². The van der Waals surface area contributed by atoms with Crippen molar-refractivity contribution in [3.05, 3.63) is 48.2 Å². The molecule has 15 heavy (non-hydrogen) atoms. The maximum absolute atomic E-state index is 8.83. The number of aromatic nitrogens is 2. The number of hydrogen-bond donors (Lipinski definition) is 0. The molecule has 0 spiro atoms. The second-order valence-corrected chi connectivity index (χ2v) is 3.37. The lowest BCUT2D eigenvalue weighted by Gasteiger charge is -1.92. The molecule has 3 heteroatoms. The molecule has 0 unspecified atom stereocenters. The van der Waals surface area contributed by atoms with Crippen LogP contribution >= 0.6 is 0 Å². The van der Waals surface area contributed by atoms with E-state index in [0.29, 0.717) is 5.56 Å². The van der Waals surface area contributed by atoms with E-state index >= 15 is 0 Å². The van der Waals surface area contributed by atoms with Gasteiger partial charge in [0.15, 0.2) is 0 Å². The zero-order valence-electron chi connectivity index (χ0n) is 7.88. The second kappa shape index (κ2) is 2.82. The smallest absolute Gasteiger partial charge is 0.0992 e.